The first kappa shape index (κ1) is 10.5. The van der Waals surface area contributed by atoms with Gasteiger partial charge in [0.25, 0.3) is 0 Å². The van der Waals surface area contributed by atoms with Crippen LogP contribution in [0.3, 0.4) is 0 Å². The molecule has 1 fully saturated rings. The van der Waals surface area contributed by atoms with E-state index < -0.39 is 5.67 Å². The number of benzene rings is 1. The summed E-state index contributed by atoms with van der Waals surface area (Å²) < 4.78 is 14.7. The molecule has 0 aromatic heterocycles. The van der Waals surface area contributed by atoms with Gasteiger partial charge in [0.2, 0.25) is 0 Å². The second kappa shape index (κ2) is 3.84. The van der Waals surface area contributed by atoms with E-state index in [4.69, 9.17) is 5.73 Å². The van der Waals surface area contributed by atoms with Crippen molar-refractivity contribution >= 4 is 5.69 Å². The van der Waals surface area contributed by atoms with Crippen LogP contribution in [0.25, 0.3) is 0 Å². The van der Waals surface area contributed by atoms with Gasteiger partial charge >= 0.3 is 0 Å². The Bertz CT molecular complexity index is 340. The summed E-state index contributed by atoms with van der Waals surface area (Å²) >= 11 is 0. The molecule has 0 heterocycles. The number of alkyl halides is 1. The van der Waals surface area contributed by atoms with Crippen LogP contribution in [0.15, 0.2) is 24.3 Å². The number of hydrogen-bond donors (Lipinski definition) is 1. The van der Waals surface area contributed by atoms with Gasteiger partial charge < -0.3 is 5.73 Å². The molecule has 0 aliphatic heterocycles. The second-order valence-corrected chi connectivity index (χ2v) is 4.68. The molecule has 82 valence electrons. The van der Waals surface area contributed by atoms with Gasteiger partial charge in [0.05, 0.1) is 0 Å². The summed E-state index contributed by atoms with van der Waals surface area (Å²) in [5, 5.41) is 0. The van der Waals surface area contributed by atoms with E-state index in [-0.39, 0.29) is 5.92 Å². The van der Waals surface area contributed by atoms with E-state index in [1.165, 1.54) is 0 Å². The average Bonchev–Trinajstić information content (AvgIpc) is 2.71. The zero-order valence-corrected chi connectivity index (χ0v) is 9.17. The van der Waals surface area contributed by atoms with Gasteiger partial charge in [-0.15, -0.1) is 0 Å². The lowest BCUT2D eigenvalue weighted by atomic mass is 9.83. The van der Waals surface area contributed by atoms with Crippen molar-refractivity contribution in [1.82, 2.24) is 0 Å². The SMILES string of the molecule is CC(F)(c1cccc(N)c1)C1CCCC1. The molecule has 1 aliphatic carbocycles. The van der Waals surface area contributed by atoms with Crippen LogP contribution in [0, 0.1) is 5.92 Å². The summed E-state index contributed by atoms with van der Waals surface area (Å²) in [7, 11) is 0. The molecule has 1 atom stereocenters. The van der Waals surface area contributed by atoms with Crippen LogP contribution in [-0.2, 0) is 5.67 Å². The highest BCUT2D eigenvalue weighted by Crippen LogP contribution is 2.43. The summed E-state index contributed by atoms with van der Waals surface area (Å²) in [4.78, 5) is 0. The number of nitrogens with two attached hydrogens (primary N) is 1. The Hall–Kier alpha value is -1.05. The molecule has 1 aromatic rings. The highest BCUT2D eigenvalue weighted by atomic mass is 19.1. The lowest BCUT2D eigenvalue weighted by molar-refractivity contribution is 0.104. The maximum Gasteiger partial charge on any atom is 0.136 e. The van der Waals surface area contributed by atoms with Crippen molar-refractivity contribution in [2.45, 2.75) is 38.3 Å². The Morgan fingerprint density at radius 1 is 1.33 bits per heavy atom. The molecule has 1 unspecified atom stereocenters. The molecule has 0 radical (unpaired) electrons. The maximum atomic E-state index is 14.7. The fourth-order valence-corrected chi connectivity index (χ4v) is 2.55. The quantitative estimate of drug-likeness (QED) is 0.736. The largest absolute Gasteiger partial charge is 0.399 e. The molecule has 1 aliphatic rings. The molecular formula is C13H18FN. The van der Waals surface area contributed by atoms with Gasteiger partial charge in [0.15, 0.2) is 0 Å². The minimum absolute atomic E-state index is 0.166. The predicted octanol–water partition coefficient (Wildman–Crippen LogP) is 3.64. The maximum absolute atomic E-state index is 14.7. The number of halogens is 1. The molecule has 0 saturated heterocycles. The van der Waals surface area contributed by atoms with Crippen molar-refractivity contribution in [2.75, 3.05) is 5.73 Å². The molecule has 0 spiro atoms. The predicted molar refractivity (Wildman–Crippen MR) is 61.3 cm³/mol. The number of rotatable bonds is 2. The fourth-order valence-electron chi connectivity index (χ4n) is 2.55. The van der Waals surface area contributed by atoms with Crippen LogP contribution in [0.5, 0.6) is 0 Å². The van der Waals surface area contributed by atoms with Crippen LogP contribution in [0.4, 0.5) is 10.1 Å². The Kier molecular flexibility index (Phi) is 2.68. The number of hydrogen-bond acceptors (Lipinski definition) is 1. The molecule has 1 aromatic carbocycles. The van der Waals surface area contributed by atoms with Crippen LogP contribution in [-0.4, -0.2) is 0 Å². The lowest BCUT2D eigenvalue weighted by Crippen LogP contribution is -2.25. The van der Waals surface area contributed by atoms with Gasteiger partial charge in [0.1, 0.15) is 5.67 Å². The lowest BCUT2D eigenvalue weighted by Gasteiger charge is -2.28. The average molecular weight is 207 g/mol. The molecule has 2 rings (SSSR count). The highest BCUT2D eigenvalue weighted by Gasteiger charge is 2.37. The van der Waals surface area contributed by atoms with Crippen molar-refractivity contribution in [2.24, 2.45) is 5.92 Å². The zero-order valence-electron chi connectivity index (χ0n) is 9.17. The summed E-state index contributed by atoms with van der Waals surface area (Å²) in [6.07, 6.45) is 4.32. The third kappa shape index (κ3) is 1.99. The summed E-state index contributed by atoms with van der Waals surface area (Å²) in [5.41, 5.74) is 5.85. The van der Waals surface area contributed by atoms with Crippen molar-refractivity contribution in [3.63, 3.8) is 0 Å². The van der Waals surface area contributed by atoms with Gasteiger partial charge in [-0.25, -0.2) is 4.39 Å². The van der Waals surface area contributed by atoms with E-state index in [1.54, 1.807) is 19.1 Å². The van der Waals surface area contributed by atoms with Gasteiger partial charge in [-0.2, -0.15) is 0 Å². The highest BCUT2D eigenvalue weighted by molar-refractivity contribution is 5.42. The van der Waals surface area contributed by atoms with Crippen LogP contribution < -0.4 is 5.73 Å². The fraction of sp³-hybridized carbons (Fsp3) is 0.538. The molecule has 1 saturated carbocycles. The molecular weight excluding hydrogens is 189 g/mol. The molecule has 2 heteroatoms. The van der Waals surface area contributed by atoms with Gasteiger partial charge in [-0.1, -0.05) is 25.0 Å². The zero-order chi connectivity index (χ0) is 10.9. The summed E-state index contributed by atoms with van der Waals surface area (Å²) in [5.74, 6) is 0.166. The van der Waals surface area contributed by atoms with E-state index in [1.807, 2.05) is 12.1 Å². The third-order valence-electron chi connectivity index (χ3n) is 3.57. The Morgan fingerprint density at radius 2 is 2.00 bits per heavy atom. The smallest absolute Gasteiger partial charge is 0.136 e. The first-order valence-corrected chi connectivity index (χ1v) is 5.65. The van der Waals surface area contributed by atoms with E-state index in [0.717, 1.165) is 31.2 Å². The summed E-state index contributed by atoms with van der Waals surface area (Å²) in [6.45, 7) is 1.69. The number of anilines is 1. The van der Waals surface area contributed by atoms with Crippen LogP contribution >= 0.6 is 0 Å². The molecule has 1 nitrogen and oxygen atoms in total. The molecule has 15 heavy (non-hydrogen) atoms. The minimum Gasteiger partial charge on any atom is -0.399 e. The standard InChI is InChI=1S/C13H18FN/c1-13(14,10-5-2-3-6-10)11-7-4-8-12(15)9-11/h4,7-10H,2-3,5-6,15H2,1H3. The third-order valence-corrected chi connectivity index (χ3v) is 3.57. The van der Waals surface area contributed by atoms with Gasteiger partial charge in [-0.05, 0) is 43.4 Å². The van der Waals surface area contributed by atoms with E-state index >= 15 is 0 Å². The molecule has 0 amide bonds. The van der Waals surface area contributed by atoms with Crippen LogP contribution in [0.2, 0.25) is 0 Å². The number of nitrogen functional groups attached to an aromatic ring is 1. The van der Waals surface area contributed by atoms with Crippen LogP contribution in [0.1, 0.15) is 38.2 Å². The second-order valence-electron chi connectivity index (χ2n) is 4.68. The van der Waals surface area contributed by atoms with E-state index in [2.05, 4.69) is 0 Å². The van der Waals surface area contributed by atoms with Gasteiger partial charge in [-0.3, -0.25) is 0 Å². The van der Waals surface area contributed by atoms with Gasteiger partial charge in [0, 0.05) is 5.69 Å². The normalized spacial score (nSPS) is 21.5. The molecule has 0 bridgehead atoms. The minimum atomic E-state index is -1.22. The van der Waals surface area contributed by atoms with E-state index in [9.17, 15) is 4.39 Å². The monoisotopic (exact) mass is 207 g/mol. The Morgan fingerprint density at radius 3 is 2.60 bits per heavy atom. The van der Waals surface area contributed by atoms with Crippen molar-refractivity contribution in [3.8, 4) is 0 Å². The topological polar surface area (TPSA) is 26.0 Å². The van der Waals surface area contributed by atoms with Crippen molar-refractivity contribution in [1.29, 1.82) is 0 Å². The Balaban J connectivity index is 2.27. The molecule has 2 N–H and O–H groups in total. The summed E-state index contributed by atoms with van der Waals surface area (Å²) in [6, 6.07) is 7.23. The van der Waals surface area contributed by atoms with E-state index in [0.29, 0.717) is 5.69 Å². The van der Waals surface area contributed by atoms with Crippen molar-refractivity contribution in [3.05, 3.63) is 29.8 Å². The van der Waals surface area contributed by atoms with Crippen molar-refractivity contribution < 1.29 is 4.39 Å². The first-order valence-electron chi connectivity index (χ1n) is 5.65. The Labute approximate surface area is 90.5 Å². The first-order chi connectivity index (χ1) is 7.10.